The van der Waals surface area contributed by atoms with Crippen molar-refractivity contribution < 1.29 is 0 Å². The Kier molecular flexibility index (Phi) is 4.26. The lowest BCUT2D eigenvalue weighted by Gasteiger charge is -2.07. The maximum absolute atomic E-state index is 6.43. The van der Waals surface area contributed by atoms with E-state index in [2.05, 4.69) is 9.97 Å². The van der Waals surface area contributed by atoms with Gasteiger partial charge in [0, 0.05) is 29.1 Å². The minimum atomic E-state index is 0.564. The van der Waals surface area contributed by atoms with Gasteiger partial charge in [-0.05, 0) is 24.3 Å². The summed E-state index contributed by atoms with van der Waals surface area (Å²) in [5.74, 6) is 0.720. The molecule has 0 spiro atoms. The van der Waals surface area contributed by atoms with Gasteiger partial charge in [0.15, 0.2) is 0 Å². The highest BCUT2D eigenvalue weighted by molar-refractivity contribution is 6.39. The molecular formula is C20H13Cl2N3. The summed E-state index contributed by atoms with van der Waals surface area (Å²) in [7, 11) is 0. The molecule has 4 rings (SSSR count). The predicted octanol–water partition coefficient (Wildman–Crippen LogP) is 6.11. The van der Waals surface area contributed by atoms with Crippen LogP contribution in [0.15, 0.2) is 73.1 Å². The molecule has 0 saturated carbocycles. The molecule has 0 saturated heterocycles. The Balaban J connectivity index is 1.98. The van der Waals surface area contributed by atoms with Crippen LogP contribution in [0.25, 0.3) is 33.9 Å². The van der Waals surface area contributed by atoms with E-state index >= 15 is 0 Å². The number of H-pyrrole nitrogens is 1. The van der Waals surface area contributed by atoms with Crippen LogP contribution in [0.2, 0.25) is 10.0 Å². The summed E-state index contributed by atoms with van der Waals surface area (Å²) in [5.41, 5.74) is 4.22. The summed E-state index contributed by atoms with van der Waals surface area (Å²) in [6, 6.07) is 19.3. The van der Waals surface area contributed by atoms with E-state index in [9.17, 15) is 0 Å². The molecule has 2 aromatic carbocycles. The highest BCUT2D eigenvalue weighted by Gasteiger charge is 2.19. The third kappa shape index (κ3) is 3.04. The van der Waals surface area contributed by atoms with E-state index < -0.39 is 0 Å². The summed E-state index contributed by atoms with van der Waals surface area (Å²) in [4.78, 5) is 12.4. The van der Waals surface area contributed by atoms with E-state index in [1.54, 1.807) is 12.4 Å². The van der Waals surface area contributed by atoms with Crippen LogP contribution in [0.5, 0.6) is 0 Å². The third-order valence-electron chi connectivity index (χ3n) is 3.90. The SMILES string of the molecule is Clc1cccc(Cl)c1-c1nc(-c2cccnc2)[nH]c1-c1ccccc1. The van der Waals surface area contributed by atoms with Crippen molar-refractivity contribution in [2.45, 2.75) is 0 Å². The number of pyridine rings is 1. The van der Waals surface area contributed by atoms with Crippen LogP contribution in [-0.4, -0.2) is 15.0 Å². The summed E-state index contributed by atoms with van der Waals surface area (Å²) in [5, 5.41) is 1.13. The van der Waals surface area contributed by atoms with Gasteiger partial charge >= 0.3 is 0 Å². The van der Waals surface area contributed by atoms with Crippen molar-refractivity contribution in [2.24, 2.45) is 0 Å². The second-order valence-corrected chi connectivity index (χ2v) is 6.33. The lowest BCUT2D eigenvalue weighted by Crippen LogP contribution is -1.86. The monoisotopic (exact) mass is 365 g/mol. The van der Waals surface area contributed by atoms with Crippen molar-refractivity contribution in [1.29, 1.82) is 0 Å². The van der Waals surface area contributed by atoms with Crippen molar-refractivity contribution in [3.05, 3.63) is 83.1 Å². The highest BCUT2D eigenvalue weighted by Crippen LogP contribution is 2.40. The zero-order valence-corrected chi connectivity index (χ0v) is 14.6. The number of hydrogen-bond donors (Lipinski definition) is 1. The highest BCUT2D eigenvalue weighted by atomic mass is 35.5. The van der Waals surface area contributed by atoms with Crippen molar-refractivity contribution in [3.8, 4) is 33.9 Å². The standard InChI is InChI=1S/C20H13Cl2N3/c21-15-9-4-10-16(22)17(15)19-18(13-6-2-1-3-7-13)24-20(25-19)14-8-5-11-23-12-14/h1-12H,(H,24,25). The Hall–Kier alpha value is -2.62. The van der Waals surface area contributed by atoms with Gasteiger partial charge in [-0.1, -0.05) is 59.6 Å². The van der Waals surface area contributed by atoms with Crippen LogP contribution in [0.4, 0.5) is 0 Å². The average Bonchev–Trinajstić information content (AvgIpc) is 3.08. The lowest BCUT2D eigenvalue weighted by molar-refractivity contribution is 1.26. The van der Waals surface area contributed by atoms with E-state index in [1.807, 2.05) is 60.7 Å². The van der Waals surface area contributed by atoms with E-state index in [4.69, 9.17) is 28.2 Å². The first-order valence-corrected chi connectivity index (χ1v) is 8.50. The first-order chi connectivity index (χ1) is 12.2. The number of imidazole rings is 1. The molecule has 0 amide bonds. The maximum atomic E-state index is 6.43. The molecule has 5 heteroatoms. The molecule has 0 bridgehead atoms. The van der Waals surface area contributed by atoms with E-state index in [0.717, 1.165) is 33.9 Å². The number of nitrogens with one attached hydrogen (secondary N) is 1. The van der Waals surface area contributed by atoms with Crippen LogP contribution in [-0.2, 0) is 0 Å². The van der Waals surface area contributed by atoms with E-state index in [-0.39, 0.29) is 0 Å². The molecule has 1 N–H and O–H groups in total. The van der Waals surface area contributed by atoms with Crippen molar-refractivity contribution in [2.75, 3.05) is 0 Å². The fourth-order valence-electron chi connectivity index (χ4n) is 2.73. The molecule has 0 unspecified atom stereocenters. The first kappa shape index (κ1) is 15.9. The molecule has 3 nitrogen and oxygen atoms in total. The molecule has 0 aliphatic rings. The number of halogens is 2. The van der Waals surface area contributed by atoms with Crippen molar-refractivity contribution in [3.63, 3.8) is 0 Å². The number of benzene rings is 2. The first-order valence-electron chi connectivity index (χ1n) is 7.74. The summed E-state index contributed by atoms with van der Waals surface area (Å²) in [6.07, 6.45) is 3.50. The molecule has 0 radical (unpaired) electrons. The van der Waals surface area contributed by atoms with Gasteiger partial charge in [-0.25, -0.2) is 4.98 Å². The third-order valence-corrected chi connectivity index (χ3v) is 4.53. The lowest BCUT2D eigenvalue weighted by atomic mass is 10.1. The number of rotatable bonds is 3. The molecule has 122 valence electrons. The van der Waals surface area contributed by atoms with Gasteiger partial charge in [-0.3, -0.25) is 4.98 Å². The molecule has 25 heavy (non-hydrogen) atoms. The topological polar surface area (TPSA) is 41.6 Å². The second-order valence-electron chi connectivity index (χ2n) is 5.51. The van der Waals surface area contributed by atoms with Crippen LogP contribution >= 0.6 is 23.2 Å². The number of aromatic nitrogens is 3. The normalized spacial score (nSPS) is 10.8. The molecule has 0 atom stereocenters. The second kappa shape index (κ2) is 6.71. The molecule has 0 aliphatic carbocycles. The summed E-state index contributed by atoms with van der Waals surface area (Å²) in [6.45, 7) is 0. The number of aromatic amines is 1. The van der Waals surface area contributed by atoms with Crippen LogP contribution in [0, 0.1) is 0 Å². The number of nitrogens with zero attached hydrogens (tertiary/aromatic N) is 2. The molecule has 2 heterocycles. The zero-order chi connectivity index (χ0) is 17.2. The maximum Gasteiger partial charge on any atom is 0.140 e. The van der Waals surface area contributed by atoms with Gasteiger partial charge in [0.2, 0.25) is 0 Å². The fraction of sp³-hybridized carbons (Fsp3) is 0. The van der Waals surface area contributed by atoms with Gasteiger partial charge in [0.25, 0.3) is 0 Å². The van der Waals surface area contributed by atoms with Crippen LogP contribution in [0.3, 0.4) is 0 Å². The summed E-state index contributed by atoms with van der Waals surface area (Å²) < 4.78 is 0. The van der Waals surface area contributed by atoms with Crippen LogP contribution in [0.1, 0.15) is 0 Å². The molecule has 2 aromatic heterocycles. The van der Waals surface area contributed by atoms with E-state index in [1.165, 1.54) is 0 Å². The smallest absolute Gasteiger partial charge is 0.140 e. The van der Waals surface area contributed by atoms with E-state index in [0.29, 0.717) is 10.0 Å². The Bertz CT molecular complexity index is 992. The average molecular weight is 366 g/mol. The Morgan fingerprint density at radius 1 is 0.760 bits per heavy atom. The van der Waals surface area contributed by atoms with Gasteiger partial charge in [0.05, 0.1) is 21.4 Å². The number of hydrogen-bond acceptors (Lipinski definition) is 2. The van der Waals surface area contributed by atoms with Crippen molar-refractivity contribution >= 4 is 23.2 Å². The Morgan fingerprint density at radius 2 is 1.48 bits per heavy atom. The summed E-state index contributed by atoms with van der Waals surface area (Å²) >= 11 is 12.9. The Morgan fingerprint density at radius 3 is 2.16 bits per heavy atom. The zero-order valence-electron chi connectivity index (χ0n) is 13.1. The van der Waals surface area contributed by atoms with Gasteiger partial charge < -0.3 is 4.98 Å². The minimum Gasteiger partial charge on any atom is -0.337 e. The van der Waals surface area contributed by atoms with Gasteiger partial charge in [0.1, 0.15) is 5.82 Å². The Labute approximate surface area is 155 Å². The molecule has 0 aliphatic heterocycles. The predicted molar refractivity (Wildman–Crippen MR) is 103 cm³/mol. The van der Waals surface area contributed by atoms with Crippen molar-refractivity contribution in [1.82, 2.24) is 15.0 Å². The quantitative estimate of drug-likeness (QED) is 0.475. The van der Waals surface area contributed by atoms with Crippen LogP contribution < -0.4 is 0 Å². The minimum absolute atomic E-state index is 0.564. The molecule has 4 aromatic rings. The van der Waals surface area contributed by atoms with Gasteiger partial charge in [-0.15, -0.1) is 0 Å². The molecule has 0 fully saturated rings. The fourth-order valence-corrected chi connectivity index (χ4v) is 3.31. The van der Waals surface area contributed by atoms with Gasteiger partial charge in [-0.2, -0.15) is 0 Å². The molecular weight excluding hydrogens is 353 g/mol. The largest absolute Gasteiger partial charge is 0.337 e.